The van der Waals surface area contributed by atoms with Gasteiger partial charge in [0.1, 0.15) is 0 Å². The van der Waals surface area contributed by atoms with E-state index in [0.29, 0.717) is 0 Å². The molecule has 0 aromatic carbocycles. The van der Waals surface area contributed by atoms with Gasteiger partial charge >= 0.3 is 0 Å². The lowest BCUT2D eigenvalue weighted by molar-refractivity contribution is 0.208. The van der Waals surface area contributed by atoms with Crippen molar-refractivity contribution in [1.29, 1.82) is 0 Å². The molecule has 3 saturated carbocycles. The third kappa shape index (κ3) is 3.84. The molecule has 1 heteroatoms. The van der Waals surface area contributed by atoms with Crippen molar-refractivity contribution in [3.63, 3.8) is 0 Å². The highest BCUT2D eigenvalue weighted by molar-refractivity contribution is 5.05. The highest BCUT2D eigenvalue weighted by Gasteiger charge is 2.53. The summed E-state index contributed by atoms with van der Waals surface area (Å²) in [7, 11) is 0. The van der Waals surface area contributed by atoms with Gasteiger partial charge in [-0.2, -0.15) is 0 Å². The third-order valence-electron chi connectivity index (χ3n) is 6.87. The van der Waals surface area contributed by atoms with Crippen LogP contribution in [0.4, 0.5) is 0 Å². The minimum atomic E-state index is 0.902. The predicted octanol–water partition coefficient (Wildman–Crippen LogP) is 5.54. The maximum absolute atomic E-state index is 3.94. The molecular formula is C20H37N. The van der Waals surface area contributed by atoms with E-state index in [2.05, 4.69) is 12.2 Å². The van der Waals surface area contributed by atoms with Crippen LogP contribution in [0.25, 0.3) is 0 Å². The van der Waals surface area contributed by atoms with E-state index in [1.54, 1.807) is 19.3 Å². The first-order valence-electron chi connectivity index (χ1n) is 10.1. The lowest BCUT2D eigenvalue weighted by Gasteiger charge is -2.32. The Bertz CT molecular complexity index is 300. The van der Waals surface area contributed by atoms with Crippen molar-refractivity contribution >= 4 is 0 Å². The number of rotatable bonds is 10. The highest BCUT2D eigenvalue weighted by atomic mass is 14.9. The van der Waals surface area contributed by atoms with Gasteiger partial charge < -0.3 is 5.32 Å². The van der Waals surface area contributed by atoms with Gasteiger partial charge in [0.15, 0.2) is 0 Å². The number of hydrogen-bond donors (Lipinski definition) is 1. The van der Waals surface area contributed by atoms with Crippen molar-refractivity contribution < 1.29 is 0 Å². The average molecular weight is 292 g/mol. The molecule has 3 aliphatic carbocycles. The first-order valence-corrected chi connectivity index (χ1v) is 10.1. The average Bonchev–Trinajstić information content (AvgIpc) is 3.17. The quantitative estimate of drug-likeness (QED) is 0.521. The smallest absolute Gasteiger partial charge is 0.0101 e. The molecule has 0 radical (unpaired) electrons. The van der Waals surface area contributed by atoms with Crippen molar-refractivity contribution in [3.05, 3.63) is 0 Å². The second-order valence-corrected chi connectivity index (χ2v) is 8.19. The van der Waals surface area contributed by atoms with Crippen LogP contribution < -0.4 is 5.32 Å². The summed E-state index contributed by atoms with van der Waals surface area (Å²) in [5.41, 5.74) is 0. The van der Waals surface area contributed by atoms with Crippen LogP contribution in [0.1, 0.15) is 90.4 Å². The molecule has 0 amide bonds. The topological polar surface area (TPSA) is 12.0 Å². The normalized spacial score (nSPS) is 37.3. The van der Waals surface area contributed by atoms with Crippen molar-refractivity contribution in [1.82, 2.24) is 5.32 Å². The zero-order valence-corrected chi connectivity index (χ0v) is 14.3. The third-order valence-corrected chi connectivity index (χ3v) is 6.87. The van der Waals surface area contributed by atoms with E-state index in [9.17, 15) is 0 Å². The molecule has 5 atom stereocenters. The fourth-order valence-electron chi connectivity index (χ4n) is 5.85. The van der Waals surface area contributed by atoms with E-state index in [1.807, 2.05) is 0 Å². The molecule has 1 nitrogen and oxygen atoms in total. The van der Waals surface area contributed by atoms with Gasteiger partial charge in [0.05, 0.1) is 0 Å². The number of hydrogen-bond acceptors (Lipinski definition) is 1. The van der Waals surface area contributed by atoms with Crippen LogP contribution in [0, 0.1) is 23.7 Å². The molecule has 21 heavy (non-hydrogen) atoms. The van der Waals surface area contributed by atoms with Crippen LogP contribution in [0.15, 0.2) is 0 Å². The van der Waals surface area contributed by atoms with Gasteiger partial charge in [-0.25, -0.2) is 0 Å². The first-order chi connectivity index (χ1) is 10.4. The lowest BCUT2D eigenvalue weighted by atomic mass is 9.79. The summed E-state index contributed by atoms with van der Waals surface area (Å²) >= 11 is 0. The standard InChI is InChI=1S/C20H37N/c1-2-3-4-5-6-7-8-9-13-21-20-15-16-14-19(20)18-12-10-11-17(16)18/h16-21H,2-15H2,1H3. The summed E-state index contributed by atoms with van der Waals surface area (Å²) in [5, 5.41) is 3.94. The summed E-state index contributed by atoms with van der Waals surface area (Å²) in [6.45, 7) is 3.59. The summed E-state index contributed by atoms with van der Waals surface area (Å²) in [4.78, 5) is 0. The SMILES string of the molecule is CCCCCCCCCCNC1CC2CC1C1CCCC21. The molecule has 0 saturated heterocycles. The molecule has 0 aromatic rings. The number of fused-ring (bicyclic) bond motifs is 5. The Hall–Kier alpha value is -0.0400. The Morgan fingerprint density at radius 2 is 1.48 bits per heavy atom. The fraction of sp³-hybridized carbons (Fsp3) is 1.00. The Balaban J connectivity index is 1.21. The van der Waals surface area contributed by atoms with Crippen LogP contribution in [0.3, 0.4) is 0 Å². The van der Waals surface area contributed by atoms with Crippen LogP contribution in [0.5, 0.6) is 0 Å². The monoisotopic (exact) mass is 291 g/mol. The van der Waals surface area contributed by atoms with E-state index in [0.717, 1.165) is 29.7 Å². The maximum Gasteiger partial charge on any atom is 0.0101 e. The molecule has 2 bridgehead atoms. The molecule has 0 spiro atoms. The molecule has 3 aliphatic rings. The van der Waals surface area contributed by atoms with Crippen molar-refractivity contribution in [3.8, 4) is 0 Å². The Labute approximate surface area is 132 Å². The zero-order chi connectivity index (χ0) is 14.5. The minimum Gasteiger partial charge on any atom is -0.314 e. The van der Waals surface area contributed by atoms with Gasteiger partial charge in [0.2, 0.25) is 0 Å². The summed E-state index contributed by atoms with van der Waals surface area (Å²) < 4.78 is 0. The molecule has 0 aliphatic heterocycles. The molecule has 0 heterocycles. The Morgan fingerprint density at radius 3 is 2.29 bits per heavy atom. The molecule has 5 unspecified atom stereocenters. The van der Waals surface area contributed by atoms with Crippen LogP contribution in [0.2, 0.25) is 0 Å². The number of unbranched alkanes of at least 4 members (excludes halogenated alkanes) is 7. The summed E-state index contributed by atoms with van der Waals surface area (Å²) in [6, 6.07) is 0.902. The molecule has 122 valence electrons. The molecule has 3 fully saturated rings. The molecule has 1 N–H and O–H groups in total. The van der Waals surface area contributed by atoms with E-state index >= 15 is 0 Å². The zero-order valence-electron chi connectivity index (χ0n) is 14.3. The predicted molar refractivity (Wildman–Crippen MR) is 91.4 cm³/mol. The molecule has 3 rings (SSSR count). The second kappa shape index (κ2) is 7.99. The lowest BCUT2D eigenvalue weighted by Crippen LogP contribution is -2.39. The van der Waals surface area contributed by atoms with Gasteiger partial charge in [0, 0.05) is 6.04 Å². The van der Waals surface area contributed by atoms with E-state index in [1.165, 1.54) is 70.8 Å². The second-order valence-electron chi connectivity index (χ2n) is 8.19. The van der Waals surface area contributed by atoms with Crippen molar-refractivity contribution in [2.75, 3.05) is 6.54 Å². The van der Waals surface area contributed by atoms with Gasteiger partial charge in [0.25, 0.3) is 0 Å². The largest absolute Gasteiger partial charge is 0.314 e. The fourth-order valence-corrected chi connectivity index (χ4v) is 5.85. The van der Waals surface area contributed by atoms with Crippen LogP contribution in [-0.4, -0.2) is 12.6 Å². The molecule has 0 aromatic heterocycles. The molecular weight excluding hydrogens is 254 g/mol. The van der Waals surface area contributed by atoms with E-state index in [-0.39, 0.29) is 0 Å². The Morgan fingerprint density at radius 1 is 0.762 bits per heavy atom. The highest BCUT2D eigenvalue weighted by Crippen LogP contribution is 2.58. The van der Waals surface area contributed by atoms with Gasteiger partial charge in [-0.1, -0.05) is 58.3 Å². The van der Waals surface area contributed by atoms with Crippen molar-refractivity contribution in [2.24, 2.45) is 23.7 Å². The maximum atomic E-state index is 3.94. The van der Waals surface area contributed by atoms with Gasteiger partial charge in [-0.3, -0.25) is 0 Å². The summed E-state index contributed by atoms with van der Waals surface area (Å²) in [6.07, 6.45) is 19.3. The van der Waals surface area contributed by atoms with Crippen molar-refractivity contribution in [2.45, 2.75) is 96.4 Å². The summed E-state index contributed by atoms with van der Waals surface area (Å²) in [5.74, 6) is 4.45. The number of nitrogens with one attached hydrogen (secondary N) is 1. The van der Waals surface area contributed by atoms with E-state index in [4.69, 9.17) is 0 Å². The van der Waals surface area contributed by atoms with Gasteiger partial charge in [-0.15, -0.1) is 0 Å². The Kier molecular flexibility index (Phi) is 6.03. The van der Waals surface area contributed by atoms with Crippen LogP contribution >= 0.6 is 0 Å². The van der Waals surface area contributed by atoms with Gasteiger partial charge in [-0.05, 0) is 62.3 Å². The first kappa shape index (κ1) is 15.8. The minimum absolute atomic E-state index is 0.902. The van der Waals surface area contributed by atoms with E-state index < -0.39 is 0 Å². The van der Waals surface area contributed by atoms with Crippen LogP contribution in [-0.2, 0) is 0 Å².